The van der Waals surface area contributed by atoms with E-state index in [4.69, 9.17) is 0 Å². The Kier molecular flexibility index (Phi) is 4.59. The Hall–Kier alpha value is -1.66. The topological polar surface area (TPSA) is 70.4 Å². The summed E-state index contributed by atoms with van der Waals surface area (Å²) in [5.41, 5.74) is 0.888. The van der Waals surface area contributed by atoms with Gasteiger partial charge in [0.15, 0.2) is 0 Å². The lowest BCUT2D eigenvalue weighted by Gasteiger charge is -2.28. The maximum atomic E-state index is 12.0. The molecule has 0 aromatic carbocycles. The van der Waals surface area contributed by atoms with Crippen LogP contribution in [-0.2, 0) is 11.8 Å². The van der Waals surface area contributed by atoms with Crippen molar-refractivity contribution >= 4 is 12.0 Å². The molecule has 2 N–H and O–H groups in total. The van der Waals surface area contributed by atoms with Crippen LogP contribution in [0.4, 0.5) is 0 Å². The van der Waals surface area contributed by atoms with Crippen LogP contribution in [0.1, 0.15) is 31.2 Å². The molecular weight excluding hydrogens is 280 g/mol. The van der Waals surface area contributed by atoms with E-state index in [9.17, 15) is 9.90 Å². The fraction of sp³-hybridized carbons (Fsp3) is 0.625. The molecule has 1 aromatic rings. The number of aliphatic hydroxyl groups excluding tert-OH is 1. The Balaban J connectivity index is 1.52. The van der Waals surface area contributed by atoms with E-state index >= 15 is 0 Å². The van der Waals surface area contributed by atoms with Crippen LogP contribution in [0.2, 0.25) is 0 Å². The minimum absolute atomic E-state index is 0.142. The van der Waals surface area contributed by atoms with E-state index in [-0.39, 0.29) is 18.0 Å². The molecule has 0 radical (unpaired) electrons. The minimum Gasteiger partial charge on any atom is -0.389 e. The van der Waals surface area contributed by atoms with Crippen molar-refractivity contribution in [3.63, 3.8) is 0 Å². The Morgan fingerprint density at radius 3 is 2.86 bits per heavy atom. The molecule has 2 heterocycles. The van der Waals surface area contributed by atoms with Crippen molar-refractivity contribution in [2.75, 3.05) is 13.1 Å². The van der Waals surface area contributed by atoms with Gasteiger partial charge in [-0.05, 0) is 44.8 Å². The first-order valence-corrected chi connectivity index (χ1v) is 8.03. The van der Waals surface area contributed by atoms with Crippen LogP contribution in [0.5, 0.6) is 0 Å². The van der Waals surface area contributed by atoms with E-state index in [0.717, 1.165) is 31.5 Å². The van der Waals surface area contributed by atoms with Gasteiger partial charge < -0.3 is 10.4 Å². The maximum absolute atomic E-state index is 12.0. The number of aryl methyl sites for hydroxylation is 1. The summed E-state index contributed by atoms with van der Waals surface area (Å²) in [7, 11) is 1.84. The van der Waals surface area contributed by atoms with Crippen LogP contribution in [0, 0.1) is 0 Å². The number of hydrogen-bond acceptors (Lipinski definition) is 4. The van der Waals surface area contributed by atoms with E-state index in [1.807, 2.05) is 13.2 Å². The van der Waals surface area contributed by atoms with Gasteiger partial charge in [0.25, 0.3) is 0 Å². The number of nitrogens with zero attached hydrogens (tertiary/aromatic N) is 3. The SMILES string of the molecule is Cn1cc(/C=C/C(=O)N[C@@H]2CC[C@@H](N3CCCC3)[C@@H]2O)cn1. The molecule has 120 valence electrons. The number of rotatable bonds is 4. The second-order valence-corrected chi connectivity index (χ2v) is 6.27. The summed E-state index contributed by atoms with van der Waals surface area (Å²) in [6, 6.07) is 0.0618. The average Bonchev–Trinajstić information content (AvgIpc) is 3.20. The van der Waals surface area contributed by atoms with Crippen LogP contribution < -0.4 is 5.32 Å². The highest BCUT2D eigenvalue weighted by atomic mass is 16.3. The lowest BCUT2D eigenvalue weighted by molar-refractivity contribution is -0.117. The highest BCUT2D eigenvalue weighted by Gasteiger charge is 2.39. The van der Waals surface area contributed by atoms with Gasteiger partial charge in [0.05, 0.1) is 18.3 Å². The molecule has 1 aromatic heterocycles. The quantitative estimate of drug-likeness (QED) is 0.797. The maximum Gasteiger partial charge on any atom is 0.244 e. The molecular formula is C16H24N4O2. The number of aromatic nitrogens is 2. The fourth-order valence-electron chi connectivity index (χ4n) is 3.52. The molecule has 1 saturated heterocycles. The normalized spacial score (nSPS) is 29.5. The van der Waals surface area contributed by atoms with E-state index in [2.05, 4.69) is 15.3 Å². The number of carbonyl (C=O) groups is 1. The molecule has 6 heteroatoms. The second-order valence-electron chi connectivity index (χ2n) is 6.27. The molecule has 22 heavy (non-hydrogen) atoms. The molecule has 6 nitrogen and oxygen atoms in total. The van der Waals surface area contributed by atoms with E-state index in [0.29, 0.717) is 0 Å². The van der Waals surface area contributed by atoms with Gasteiger partial charge in [0.1, 0.15) is 0 Å². The number of likely N-dealkylation sites (tertiary alicyclic amines) is 1. The first-order chi connectivity index (χ1) is 10.6. The average molecular weight is 304 g/mol. The third-order valence-corrected chi connectivity index (χ3v) is 4.67. The van der Waals surface area contributed by atoms with Crippen molar-refractivity contribution in [1.82, 2.24) is 20.0 Å². The van der Waals surface area contributed by atoms with Crippen molar-refractivity contribution in [3.05, 3.63) is 24.0 Å². The van der Waals surface area contributed by atoms with E-state index in [1.165, 1.54) is 18.9 Å². The summed E-state index contributed by atoms with van der Waals surface area (Å²) in [4.78, 5) is 14.4. The first-order valence-electron chi connectivity index (χ1n) is 8.03. The predicted octanol–water partition coefficient (Wildman–Crippen LogP) is 0.537. The molecule has 1 aliphatic carbocycles. The number of nitrogens with one attached hydrogen (secondary N) is 1. The third kappa shape index (κ3) is 3.39. The van der Waals surface area contributed by atoms with Gasteiger partial charge in [-0.25, -0.2) is 0 Å². The lowest BCUT2D eigenvalue weighted by atomic mass is 10.1. The zero-order chi connectivity index (χ0) is 15.5. The molecule has 0 spiro atoms. The van der Waals surface area contributed by atoms with Gasteiger partial charge in [0.2, 0.25) is 5.91 Å². The molecule has 2 aliphatic rings. The summed E-state index contributed by atoms with van der Waals surface area (Å²) in [5.74, 6) is -0.157. The van der Waals surface area contributed by atoms with Crippen molar-refractivity contribution in [2.24, 2.45) is 7.05 Å². The fourth-order valence-corrected chi connectivity index (χ4v) is 3.52. The summed E-state index contributed by atoms with van der Waals surface area (Å²) in [6.07, 6.45) is 10.6. The largest absolute Gasteiger partial charge is 0.389 e. The van der Waals surface area contributed by atoms with Crippen LogP contribution in [0.25, 0.3) is 6.08 Å². The molecule has 0 unspecified atom stereocenters. The Bertz CT molecular complexity index is 548. The van der Waals surface area contributed by atoms with Crippen molar-refractivity contribution in [2.45, 2.75) is 43.9 Å². The van der Waals surface area contributed by atoms with E-state index < -0.39 is 6.10 Å². The highest BCUT2D eigenvalue weighted by Crippen LogP contribution is 2.27. The summed E-state index contributed by atoms with van der Waals surface area (Å²) in [6.45, 7) is 2.15. The van der Waals surface area contributed by atoms with Gasteiger partial charge in [-0.1, -0.05) is 0 Å². The van der Waals surface area contributed by atoms with Crippen molar-refractivity contribution in [3.8, 4) is 0 Å². The molecule has 1 aliphatic heterocycles. The smallest absolute Gasteiger partial charge is 0.244 e. The number of amides is 1. The standard InChI is InChI=1S/C16H24N4O2/c1-19-11-12(10-17-19)4-7-15(21)18-13-5-6-14(16(13)22)20-8-2-3-9-20/h4,7,10-11,13-14,16,22H,2-3,5-6,8-9H2,1H3,(H,18,21)/b7-4+/t13-,14-,16-/m1/s1. The van der Waals surface area contributed by atoms with Crippen LogP contribution in [0.3, 0.4) is 0 Å². The van der Waals surface area contributed by atoms with Gasteiger partial charge in [0, 0.05) is 30.9 Å². The predicted molar refractivity (Wildman–Crippen MR) is 84.0 cm³/mol. The monoisotopic (exact) mass is 304 g/mol. The van der Waals surface area contributed by atoms with Crippen molar-refractivity contribution < 1.29 is 9.90 Å². The van der Waals surface area contributed by atoms with Gasteiger partial charge in [-0.15, -0.1) is 0 Å². The zero-order valence-corrected chi connectivity index (χ0v) is 13.0. The zero-order valence-electron chi connectivity index (χ0n) is 13.0. The summed E-state index contributed by atoms with van der Waals surface area (Å²) >= 11 is 0. The van der Waals surface area contributed by atoms with Gasteiger partial charge >= 0.3 is 0 Å². The molecule has 1 saturated carbocycles. The molecule has 1 amide bonds. The van der Waals surface area contributed by atoms with Crippen LogP contribution in [-0.4, -0.2) is 57.0 Å². The lowest BCUT2D eigenvalue weighted by Crippen LogP contribution is -2.47. The first kappa shape index (κ1) is 15.2. The molecule has 0 bridgehead atoms. The van der Waals surface area contributed by atoms with Gasteiger partial charge in [-0.3, -0.25) is 14.4 Å². The minimum atomic E-state index is -0.464. The Morgan fingerprint density at radius 1 is 1.41 bits per heavy atom. The number of carbonyl (C=O) groups excluding carboxylic acids is 1. The summed E-state index contributed by atoms with van der Waals surface area (Å²) < 4.78 is 1.69. The molecule has 3 rings (SSSR count). The highest BCUT2D eigenvalue weighted by molar-refractivity contribution is 5.91. The molecule has 3 atom stereocenters. The molecule has 2 fully saturated rings. The van der Waals surface area contributed by atoms with Crippen LogP contribution in [0.15, 0.2) is 18.5 Å². The van der Waals surface area contributed by atoms with Gasteiger partial charge in [-0.2, -0.15) is 5.10 Å². The third-order valence-electron chi connectivity index (χ3n) is 4.67. The van der Waals surface area contributed by atoms with E-state index in [1.54, 1.807) is 17.0 Å². The number of hydrogen-bond donors (Lipinski definition) is 2. The second kappa shape index (κ2) is 6.62. The van der Waals surface area contributed by atoms with Crippen molar-refractivity contribution in [1.29, 1.82) is 0 Å². The van der Waals surface area contributed by atoms with Crippen LogP contribution >= 0.6 is 0 Å². The Labute approximate surface area is 130 Å². The number of aliphatic hydroxyl groups is 1. The summed E-state index contributed by atoms with van der Waals surface area (Å²) in [5, 5.41) is 17.4. The Morgan fingerprint density at radius 2 is 2.18 bits per heavy atom.